The fourth-order valence-electron chi connectivity index (χ4n) is 7.12. The van der Waals surface area contributed by atoms with Crippen molar-refractivity contribution in [2.45, 2.75) is 231 Å². The Balaban J connectivity index is 4.37. The van der Waals surface area contributed by atoms with E-state index in [1.807, 2.05) is 27.2 Å². The van der Waals surface area contributed by atoms with E-state index in [1.54, 1.807) is 6.08 Å². The maximum atomic E-state index is 12.9. The van der Waals surface area contributed by atoms with Crippen molar-refractivity contribution in [3.8, 4) is 0 Å². The molecular weight excluding hydrogens is 792 g/mol. The second kappa shape index (κ2) is 44.4. The Morgan fingerprint density at radius 1 is 0.548 bits per heavy atom. The number of unbranched alkanes of at least 4 members (excludes halogenated alkanes) is 25. The Hall–Kier alpha value is -1.80. The zero-order valence-electron chi connectivity index (χ0n) is 41.1. The molecule has 0 spiro atoms. The third-order valence-electron chi connectivity index (χ3n) is 11.2. The first-order valence-corrected chi connectivity index (χ1v) is 27.2. The summed E-state index contributed by atoms with van der Waals surface area (Å²) in [5.74, 6) is -0.195. The summed E-state index contributed by atoms with van der Waals surface area (Å²) in [4.78, 5) is 23.2. The van der Waals surface area contributed by atoms with Crippen LogP contribution in [0.1, 0.15) is 219 Å². The molecule has 1 amide bonds. The minimum Gasteiger partial charge on any atom is -0.387 e. The van der Waals surface area contributed by atoms with Crippen LogP contribution in [-0.2, 0) is 18.4 Å². The standard InChI is InChI=1S/C53H99N2O6P/c1-6-8-10-12-14-16-18-20-22-24-25-26-27-28-29-31-33-35-37-39-41-43-45-47-53(57)54-51(50-61-62(58,59)60-49-48-55(3,4)5)52(56)46-44-42-40-38-36-34-32-30-23-21-19-17-15-13-11-9-7-2/h18,20,24-25,27-28,36,38,44,46,51-52,56H,6-17,19,21-23,26,29-35,37,39-43,45,47-50H2,1-5H3,(H-,54,57,58,59)/p+1/b20-18-,25-24-,28-27-,38-36+,46-44+. The normalized spacial score (nSPS) is 14.6. The minimum absolute atomic E-state index is 0.0524. The van der Waals surface area contributed by atoms with Crippen LogP contribution in [0.15, 0.2) is 60.8 Å². The number of carbonyl (C=O) groups is 1. The van der Waals surface area contributed by atoms with Crippen LogP contribution in [0.4, 0.5) is 0 Å². The summed E-state index contributed by atoms with van der Waals surface area (Å²) in [6.07, 6.45) is 58.7. The first kappa shape index (κ1) is 60.2. The molecule has 0 aromatic heterocycles. The molecule has 0 radical (unpaired) electrons. The van der Waals surface area contributed by atoms with Crippen molar-refractivity contribution < 1.29 is 32.9 Å². The Labute approximate surface area is 383 Å². The first-order chi connectivity index (χ1) is 30.0. The van der Waals surface area contributed by atoms with Crippen molar-refractivity contribution in [3.05, 3.63) is 60.8 Å². The molecule has 0 saturated heterocycles. The van der Waals surface area contributed by atoms with Gasteiger partial charge in [-0.15, -0.1) is 0 Å². The number of nitrogens with zero attached hydrogens (tertiary/aromatic N) is 1. The maximum absolute atomic E-state index is 12.9. The van der Waals surface area contributed by atoms with Gasteiger partial charge in [0.15, 0.2) is 0 Å². The first-order valence-electron chi connectivity index (χ1n) is 25.7. The van der Waals surface area contributed by atoms with Gasteiger partial charge < -0.3 is 19.8 Å². The molecule has 0 saturated carbocycles. The van der Waals surface area contributed by atoms with E-state index in [-0.39, 0.29) is 19.1 Å². The average Bonchev–Trinajstić information content (AvgIpc) is 3.23. The summed E-state index contributed by atoms with van der Waals surface area (Å²) in [7, 11) is 1.54. The monoisotopic (exact) mass is 892 g/mol. The van der Waals surface area contributed by atoms with Crippen LogP contribution in [-0.4, -0.2) is 73.4 Å². The van der Waals surface area contributed by atoms with E-state index in [4.69, 9.17) is 9.05 Å². The zero-order valence-corrected chi connectivity index (χ0v) is 42.0. The minimum atomic E-state index is -4.35. The van der Waals surface area contributed by atoms with Gasteiger partial charge in [-0.05, 0) is 70.6 Å². The Bertz CT molecular complexity index is 1190. The number of carbonyl (C=O) groups excluding carboxylic acids is 1. The molecule has 0 heterocycles. The Morgan fingerprint density at radius 2 is 0.935 bits per heavy atom. The third kappa shape index (κ3) is 46.2. The SMILES string of the molecule is CCCCCCC/C=C\C/C=C\C/C=C\CCCCCCCCCCC(=O)NC(COP(=O)(O)OCC[N+](C)(C)C)C(O)/C=C/CC/C=C/CCCCCCCCCCCCC. The van der Waals surface area contributed by atoms with Crippen LogP contribution in [0.3, 0.4) is 0 Å². The van der Waals surface area contributed by atoms with Gasteiger partial charge in [-0.1, -0.05) is 203 Å². The molecular formula is C53H100N2O6P+. The van der Waals surface area contributed by atoms with Gasteiger partial charge in [-0.2, -0.15) is 0 Å². The summed E-state index contributed by atoms with van der Waals surface area (Å²) in [5.41, 5.74) is 0. The summed E-state index contributed by atoms with van der Waals surface area (Å²) in [6, 6.07) is -0.869. The number of rotatable bonds is 46. The summed E-state index contributed by atoms with van der Waals surface area (Å²) in [5, 5.41) is 13.9. The molecule has 3 unspecified atom stereocenters. The lowest BCUT2D eigenvalue weighted by Gasteiger charge is -2.25. The van der Waals surface area contributed by atoms with Gasteiger partial charge >= 0.3 is 7.82 Å². The van der Waals surface area contributed by atoms with Crippen LogP contribution in [0, 0.1) is 0 Å². The van der Waals surface area contributed by atoms with Crippen LogP contribution >= 0.6 is 7.82 Å². The molecule has 0 fully saturated rings. The highest BCUT2D eigenvalue weighted by Gasteiger charge is 2.27. The predicted molar refractivity (Wildman–Crippen MR) is 267 cm³/mol. The van der Waals surface area contributed by atoms with Crippen LogP contribution in [0.2, 0.25) is 0 Å². The number of hydrogen-bond acceptors (Lipinski definition) is 5. The lowest BCUT2D eigenvalue weighted by Crippen LogP contribution is -2.45. The zero-order chi connectivity index (χ0) is 45.7. The van der Waals surface area contributed by atoms with Crippen LogP contribution < -0.4 is 5.32 Å². The fourth-order valence-corrected chi connectivity index (χ4v) is 7.86. The van der Waals surface area contributed by atoms with Gasteiger partial charge in [0.2, 0.25) is 5.91 Å². The van der Waals surface area contributed by atoms with E-state index in [9.17, 15) is 19.4 Å². The molecule has 0 aliphatic carbocycles. The van der Waals surface area contributed by atoms with Gasteiger partial charge in [0.1, 0.15) is 13.2 Å². The fraction of sp³-hybridized carbons (Fsp3) is 0.792. The van der Waals surface area contributed by atoms with Crippen molar-refractivity contribution >= 4 is 13.7 Å². The highest BCUT2D eigenvalue weighted by atomic mass is 31.2. The number of amides is 1. The number of aliphatic hydroxyl groups is 1. The molecule has 0 rings (SSSR count). The Morgan fingerprint density at radius 3 is 1.40 bits per heavy atom. The van der Waals surface area contributed by atoms with Crippen LogP contribution in [0.25, 0.3) is 0 Å². The van der Waals surface area contributed by atoms with E-state index < -0.39 is 20.0 Å². The molecule has 0 aromatic rings. The molecule has 3 atom stereocenters. The molecule has 62 heavy (non-hydrogen) atoms. The molecule has 0 bridgehead atoms. The number of aliphatic hydroxyl groups excluding tert-OH is 1. The van der Waals surface area contributed by atoms with Gasteiger partial charge in [-0.25, -0.2) is 4.57 Å². The summed E-state index contributed by atoms with van der Waals surface area (Å²) in [6.45, 7) is 4.78. The van der Waals surface area contributed by atoms with Crippen molar-refractivity contribution in [1.29, 1.82) is 0 Å². The van der Waals surface area contributed by atoms with E-state index in [0.29, 0.717) is 17.4 Å². The number of phosphoric acid groups is 1. The molecule has 8 nitrogen and oxygen atoms in total. The van der Waals surface area contributed by atoms with E-state index in [2.05, 4.69) is 67.8 Å². The largest absolute Gasteiger partial charge is 0.472 e. The molecule has 0 aliphatic heterocycles. The highest BCUT2D eigenvalue weighted by Crippen LogP contribution is 2.43. The smallest absolute Gasteiger partial charge is 0.387 e. The van der Waals surface area contributed by atoms with Crippen LogP contribution in [0.5, 0.6) is 0 Å². The number of quaternary nitrogens is 1. The van der Waals surface area contributed by atoms with E-state index >= 15 is 0 Å². The number of likely N-dealkylation sites (N-methyl/N-ethyl adjacent to an activating group) is 1. The topological polar surface area (TPSA) is 105 Å². The van der Waals surface area contributed by atoms with Gasteiger partial charge in [-0.3, -0.25) is 13.8 Å². The molecule has 3 N–H and O–H groups in total. The predicted octanol–water partition coefficient (Wildman–Crippen LogP) is 15.0. The van der Waals surface area contributed by atoms with Crippen molar-refractivity contribution in [2.75, 3.05) is 40.9 Å². The third-order valence-corrected chi connectivity index (χ3v) is 12.2. The van der Waals surface area contributed by atoms with Crippen molar-refractivity contribution in [1.82, 2.24) is 5.32 Å². The molecule has 0 aromatic carbocycles. The number of hydrogen-bond donors (Lipinski definition) is 3. The van der Waals surface area contributed by atoms with Gasteiger partial charge in [0.25, 0.3) is 0 Å². The van der Waals surface area contributed by atoms with Crippen molar-refractivity contribution in [2.24, 2.45) is 0 Å². The molecule has 0 aliphatic rings. The Kier molecular flexibility index (Phi) is 43.1. The number of allylic oxidation sites excluding steroid dienone is 9. The second-order valence-corrected chi connectivity index (χ2v) is 20.0. The second-order valence-electron chi connectivity index (χ2n) is 18.5. The van der Waals surface area contributed by atoms with Gasteiger partial charge in [0.05, 0.1) is 39.9 Å². The number of nitrogens with one attached hydrogen (secondary N) is 1. The van der Waals surface area contributed by atoms with E-state index in [1.165, 1.54) is 141 Å². The summed E-state index contributed by atoms with van der Waals surface area (Å²) >= 11 is 0. The highest BCUT2D eigenvalue weighted by molar-refractivity contribution is 7.47. The number of phosphoric ester groups is 1. The lowest BCUT2D eigenvalue weighted by atomic mass is 10.1. The molecule has 362 valence electrons. The average molecular weight is 892 g/mol. The van der Waals surface area contributed by atoms with Crippen molar-refractivity contribution in [3.63, 3.8) is 0 Å². The van der Waals surface area contributed by atoms with E-state index in [0.717, 1.165) is 57.8 Å². The maximum Gasteiger partial charge on any atom is 0.472 e. The summed E-state index contributed by atoms with van der Waals surface area (Å²) < 4.78 is 23.6. The quantitative estimate of drug-likeness (QED) is 0.0243. The lowest BCUT2D eigenvalue weighted by molar-refractivity contribution is -0.870. The van der Waals surface area contributed by atoms with Gasteiger partial charge in [0, 0.05) is 6.42 Å². The molecule has 9 heteroatoms.